The van der Waals surface area contributed by atoms with Gasteiger partial charge in [0.05, 0.1) is 10.6 Å². The van der Waals surface area contributed by atoms with Gasteiger partial charge in [-0.2, -0.15) is 0 Å². The van der Waals surface area contributed by atoms with E-state index in [9.17, 15) is 8.42 Å². The van der Waals surface area contributed by atoms with E-state index >= 15 is 0 Å². The minimum Gasteiger partial charge on any atom is -0.269 e. The molecule has 0 saturated carbocycles. The lowest BCUT2D eigenvalue weighted by molar-refractivity contribution is 0.594. The highest BCUT2D eigenvalue weighted by atomic mass is 79.9. The Kier molecular flexibility index (Phi) is 4.44. The van der Waals surface area contributed by atoms with Crippen molar-refractivity contribution < 1.29 is 8.42 Å². The third-order valence-corrected chi connectivity index (χ3v) is 6.15. The highest BCUT2D eigenvalue weighted by Gasteiger charge is 2.23. The summed E-state index contributed by atoms with van der Waals surface area (Å²) in [5, 5.41) is 0. The van der Waals surface area contributed by atoms with Crippen LogP contribution in [0.5, 0.6) is 0 Å². The molecule has 21 heavy (non-hydrogen) atoms. The SMILES string of the molecule is Cc1ccc(C)c(N(C)S(=O)(=O)c2ccc(Br)c(C)c2)c1. The molecular formula is C16H18BrNO2S. The van der Waals surface area contributed by atoms with E-state index in [1.54, 1.807) is 25.2 Å². The first-order chi connectivity index (χ1) is 9.73. The van der Waals surface area contributed by atoms with Gasteiger partial charge >= 0.3 is 0 Å². The molecule has 0 aromatic heterocycles. The number of halogens is 1. The van der Waals surface area contributed by atoms with Crippen LogP contribution in [-0.4, -0.2) is 15.5 Å². The monoisotopic (exact) mass is 367 g/mol. The molecule has 2 aromatic carbocycles. The molecular weight excluding hydrogens is 350 g/mol. The van der Waals surface area contributed by atoms with E-state index in [2.05, 4.69) is 15.9 Å². The third-order valence-electron chi connectivity index (χ3n) is 3.49. The van der Waals surface area contributed by atoms with Crippen molar-refractivity contribution in [1.82, 2.24) is 0 Å². The number of nitrogens with zero attached hydrogens (tertiary/aromatic N) is 1. The average molecular weight is 368 g/mol. The minimum atomic E-state index is -3.56. The predicted molar refractivity (Wildman–Crippen MR) is 90.4 cm³/mol. The Hall–Kier alpha value is -1.33. The molecule has 0 fully saturated rings. The molecule has 0 amide bonds. The first-order valence-corrected chi connectivity index (χ1v) is 8.79. The smallest absolute Gasteiger partial charge is 0.264 e. The van der Waals surface area contributed by atoms with Gasteiger partial charge in [-0.3, -0.25) is 4.31 Å². The van der Waals surface area contributed by atoms with Crippen molar-refractivity contribution in [2.45, 2.75) is 25.7 Å². The molecule has 0 bridgehead atoms. The van der Waals surface area contributed by atoms with Gasteiger partial charge in [0.15, 0.2) is 0 Å². The molecule has 0 spiro atoms. The fourth-order valence-corrected chi connectivity index (χ4v) is 3.71. The molecule has 0 aliphatic rings. The van der Waals surface area contributed by atoms with Crippen molar-refractivity contribution in [1.29, 1.82) is 0 Å². The Bertz CT molecular complexity index is 785. The van der Waals surface area contributed by atoms with Crippen molar-refractivity contribution in [3.63, 3.8) is 0 Å². The molecule has 0 saturated heterocycles. The summed E-state index contributed by atoms with van der Waals surface area (Å²) in [6.45, 7) is 5.74. The summed E-state index contributed by atoms with van der Waals surface area (Å²) >= 11 is 3.39. The van der Waals surface area contributed by atoms with Gasteiger partial charge in [0, 0.05) is 11.5 Å². The van der Waals surface area contributed by atoms with E-state index in [0.717, 1.165) is 21.2 Å². The van der Waals surface area contributed by atoms with E-state index in [0.29, 0.717) is 10.6 Å². The van der Waals surface area contributed by atoms with Crippen LogP contribution >= 0.6 is 15.9 Å². The molecule has 0 radical (unpaired) electrons. The average Bonchev–Trinajstić information content (AvgIpc) is 2.43. The number of sulfonamides is 1. The Morgan fingerprint density at radius 1 is 0.952 bits per heavy atom. The molecule has 0 aliphatic carbocycles. The maximum absolute atomic E-state index is 12.8. The Labute approximate surface area is 134 Å². The zero-order chi connectivity index (χ0) is 15.8. The van der Waals surface area contributed by atoms with Crippen LogP contribution in [0.2, 0.25) is 0 Å². The van der Waals surface area contributed by atoms with Gasteiger partial charge < -0.3 is 0 Å². The molecule has 0 atom stereocenters. The molecule has 2 aromatic rings. The highest BCUT2D eigenvalue weighted by Crippen LogP contribution is 2.28. The zero-order valence-electron chi connectivity index (χ0n) is 12.5. The quantitative estimate of drug-likeness (QED) is 0.814. The third kappa shape index (κ3) is 3.14. The van der Waals surface area contributed by atoms with Gasteiger partial charge in [0.1, 0.15) is 0 Å². The Morgan fingerprint density at radius 3 is 2.24 bits per heavy atom. The van der Waals surface area contributed by atoms with Crippen LogP contribution < -0.4 is 4.31 Å². The van der Waals surface area contributed by atoms with Crippen molar-refractivity contribution in [3.05, 3.63) is 57.6 Å². The maximum Gasteiger partial charge on any atom is 0.264 e. The number of rotatable bonds is 3. The van der Waals surface area contributed by atoms with E-state index in [-0.39, 0.29) is 0 Å². The Morgan fingerprint density at radius 2 is 1.62 bits per heavy atom. The fourth-order valence-electron chi connectivity index (χ4n) is 2.12. The topological polar surface area (TPSA) is 37.4 Å². The number of benzene rings is 2. The van der Waals surface area contributed by atoms with Gasteiger partial charge in [-0.1, -0.05) is 28.1 Å². The lowest BCUT2D eigenvalue weighted by Crippen LogP contribution is -2.27. The molecule has 5 heteroatoms. The summed E-state index contributed by atoms with van der Waals surface area (Å²) in [6.07, 6.45) is 0. The molecule has 0 unspecified atom stereocenters. The number of hydrogen-bond acceptors (Lipinski definition) is 2. The number of anilines is 1. The van der Waals surface area contributed by atoms with E-state index in [4.69, 9.17) is 0 Å². The normalized spacial score (nSPS) is 11.5. The lowest BCUT2D eigenvalue weighted by Gasteiger charge is -2.22. The first kappa shape index (κ1) is 16.0. The van der Waals surface area contributed by atoms with Crippen LogP contribution in [0.4, 0.5) is 5.69 Å². The number of aryl methyl sites for hydroxylation is 3. The molecule has 0 aliphatic heterocycles. The summed E-state index contributed by atoms with van der Waals surface area (Å²) in [4.78, 5) is 0.298. The second-order valence-electron chi connectivity index (χ2n) is 5.17. The summed E-state index contributed by atoms with van der Waals surface area (Å²) in [5.74, 6) is 0. The standard InChI is InChI=1S/C16H18BrNO2S/c1-11-5-6-12(2)16(9-11)18(4)21(19,20)14-7-8-15(17)13(3)10-14/h5-10H,1-4H3. The molecule has 112 valence electrons. The van der Waals surface area contributed by atoms with Crippen LogP contribution in [0.15, 0.2) is 45.8 Å². The highest BCUT2D eigenvalue weighted by molar-refractivity contribution is 9.10. The molecule has 3 nitrogen and oxygen atoms in total. The van der Waals surface area contributed by atoms with Crippen molar-refractivity contribution in [3.8, 4) is 0 Å². The fraction of sp³-hybridized carbons (Fsp3) is 0.250. The maximum atomic E-state index is 12.8. The minimum absolute atomic E-state index is 0.298. The van der Waals surface area contributed by atoms with E-state index < -0.39 is 10.0 Å². The van der Waals surface area contributed by atoms with Gasteiger partial charge in [-0.05, 0) is 61.7 Å². The van der Waals surface area contributed by atoms with E-state index in [1.807, 2.05) is 39.0 Å². The lowest BCUT2D eigenvalue weighted by atomic mass is 10.1. The summed E-state index contributed by atoms with van der Waals surface area (Å²) in [7, 11) is -1.97. The van der Waals surface area contributed by atoms with Gasteiger partial charge in [0.25, 0.3) is 10.0 Å². The van der Waals surface area contributed by atoms with E-state index in [1.165, 1.54) is 4.31 Å². The summed E-state index contributed by atoms with van der Waals surface area (Å²) < 4.78 is 27.8. The van der Waals surface area contributed by atoms with Crippen LogP contribution in [0.25, 0.3) is 0 Å². The van der Waals surface area contributed by atoms with Crippen molar-refractivity contribution in [2.75, 3.05) is 11.4 Å². The predicted octanol–water partition coefficient (Wildman–Crippen LogP) is 4.20. The van der Waals surface area contributed by atoms with Crippen LogP contribution in [-0.2, 0) is 10.0 Å². The van der Waals surface area contributed by atoms with Gasteiger partial charge in [-0.15, -0.1) is 0 Å². The molecule has 2 rings (SSSR count). The second kappa shape index (κ2) is 5.81. The zero-order valence-corrected chi connectivity index (χ0v) is 14.9. The summed E-state index contributed by atoms with van der Waals surface area (Å²) in [5.41, 5.74) is 3.56. The van der Waals surface area contributed by atoms with Gasteiger partial charge in [0.2, 0.25) is 0 Å². The number of hydrogen-bond donors (Lipinski definition) is 0. The van der Waals surface area contributed by atoms with Crippen LogP contribution in [0.1, 0.15) is 16.7 Å². The van der Waals surface area contributed by atoms with Crippen molar-refractivity contribution in [2.24, 2.45) is 0 Å². The second-order valence-corrected chi connectivity index (χ2v) is 8.00. The first-order valence-electron chi connectivity index (χ1n) is 6.56. The van der Waals surface area contributed by atoms with Crippen LogP contribution in [0, 0.1) is 20.8 Å². The van der Waals surface area contributed by atoms with Crippen LogP contribution in [0.3, 0.4) is 0 Å². The van der Waals surface area contributed by atoms with Gasteiger partial charge in [-0.25, -0.2) is 8.42 Å². The largest absolute Gasteiger partial charge is 0.269 e. The van der Waals surface area contributed by atoms with Crippen molar-refractivity contribution >= 4 is 31.6 Å². The summed E-state index contributed by atoms with van der Waals surface area (Å²) in [6, 6.07) is 10.9. The molecule has 0 N–H and O–H groups in total. The Balaban J connectivity index is 2.52. The molecule has 0 heterocycles.